The van der Waals surface area contributed by atoms with E-state index in [4.69, 9.17) is 0 Å². The second-order valence-corrected chi connectivity index (χ2v) is 7.31. The number of hydrogen-bond acceptors (Lipinski definition) is 4. The van der Waals surface area contributed by atoms with Gasteiger partial charge in [-0.2, -0.15) is 11.8 Å². The van der Waals surface area contributed by atoms with Crippen molar-refractivity contribution in [2.24, 2.45) is 5.92 Å². The van der Waals surface area contributed by atoms with Crippen molar-refractivity contribution in [1.82, 2.24) is 20.1 Å². The highest BCUT2D eigenvalue weighted by Crippen LogP contribution is 2.32. The maximum Gasteiger partial charge on any atom is 0.230 e. The molecular formula is C15H24N4OS. The number of hydrogen-bond donors (Lipinski definition) is 1. The van der Waals surface area contributed by atoms with E-state index in [9.17, 15) is 4.79 Å². The molecule has 2 aliphatic rings. The second kappa shape index (κ2) is 6.81. The van der Waals surface area contributed by atoms with Crippen LogP contribution in [0, 0.1) is 5.92 Å². The molecule has 0 radical (unpaired) electrons. The third-order valence-electron chi connectivity index (χ3n) is 4.37. The Bertz CT molecular complexity index is 480. The molecule has 2 fully saturated rings. The van der Waals surface area contributed by atoms with Gasteiger partial charge in [-0.3, -0.25) is 4.79 Å². The highest BCUT2D eigenvalue weighted by molar-refractivity contribution is 7.99. The Morgan fingerprint density at radius 3 is 2.90 bits per heavy atom. The summed E-state index contributed by atoms with van der Waals surface area (Å²) in [6, 6.07) is 0.445. The van der Waals surface area contributed by atoms with Gasteiger partial charge in [0.1, 0.15) is 6.33 Å². The van der Waals surface area contributed by atoms with E-state index in [0.717, 1.165) is 17.5 Å². The zero-order valence-electron chi connectivity index (χ0n) is 12.6. The number of nitrogens with zero attached hydrogens (tertiary/aromatic N) is 3. The van der Waals surface area contributed by atoms with Crippen molar-refractivity contribution in [2.45, 2.75) is 57.5 Å². The second-order valence-electron chi connectivity index (χ2n) is 6.28. The van der Waals surface area contributed by atoms with Crippen molar-refractivity contribution < 1.29 is 4.79 Å². The average Bonchev–Trinajstić information content (AvgIpc) is 2.96. The monoisotopic (exact) mass is 308 g/mol. The Labute approximate surface area is 130 Å². The molecule has 1 atom stereocenters. The van der Waals surface area contributed by atoms with Gasteiger partial charge >= 0.3 is 0 Å². The lowest BCUT2D eigenvalue weighted by Crippen LogP contribution is -2.30. The van der Waals surface area contributed by atoms with Crippen LogP contribution in [0.4, 0.5) is 0 Å². The summed E-state index contributed by atoms with van der Waals surface area (Å²) in [5.74, 6) is 3.54. The summed E-state index contributed by atoms with van der Waals surface area (Å²) in [5, 5.41) is 11.3. The van der Waals surface area contributed by atoms with Gasteiger partial charge in [-0.25, -0.2) is 0 Å². The summed E-state index contributed by atoms with van der Waals surface area (Å²) in [4.78, 5) is 12.0. The average molecular weight is 308 g/mol. The molecule has 1 aromatic rings. The highest BCUT2D eigenvalue weighted by atomic mass is 32.2. The molecule has 0 bridgehead atoms. The molecule has 0 aromatic carbocycles. The zero-order chi connectivity index (χ0) is 14.7. The lowest BCUT2D eigenvalue weighted by atomic mass is 10.2. The minimum absolute atomic E-state index is 0.0675. The summed E-state index contributed by atoms with van der Waals surface area (Å²) in [6.07, 6.45) is 9.45. The Balaban J connectivity index is 1.50. The first-order valence-electron chi connectivity index (χ1n) is 8.00. The van der Waals surface area contributed by atoms with Crippen molar-refractivity contribution >= 4 is 17.7 Å². The summed E-state index contributed by atoms with van der Waals surface area (Å²) in [7, 11) is 0. The molecule has 0 unspecified atom stereocenters. The number of thioether (sulfide) groups is 1. The lowest BCUT2D eigenvalue weighted by Gasteiger charge is -2.18. The van der Waals surface area contributed by atoms with E-state index in [0.29, 0.717) is 11.8 Å². The van der Waals surface area contributed by atoms with Crippen LogP contribution in [0.5, 0.6) is 0 Å². The molecular weight excluding hydrogens is 284 g/mol. The van der Waals surface area contributed by atoms with Crippen LogP contribution in [0.1, 0.15) is 63.4 Å². The van der Waals surface area contributed by atoms with Crippen LogP contribution in [0.15, 0.2) is 6.33 Å². The van der Waals surface area contributed by atoms with E-state index in [1.807, 2.05) is 13.3 Å². The Kier molecular flexibility index (Phi) is 4.83. The van der Waals surface area contributed by atoms with Crippen LogP contribution in [-0.2, 0) is 4.79 Å². The van der Waals surface area contributed by atoms with Gasteiger partial charge in [0.15, 0.2) is 5.82 Å². The van der Waals surface area contributed by atoms with Crippen molar-refractivity contribution in [3.05, 3.63) is 12.2 Å². The largest absolute Gasteiger partial charge is 0.346 e. The third-order valence-corrected chi connectivity index (χ3v) is 5.54. The number of aromatic nitrogens is 3. The molecule has 2 aliphatic carbocycles. The van der Waals surface area contributed by atoms with E-state index in [1.54, 1.807) is 11.8 Å². The summed E-state index contributed by atoms with van der Waals surface area (Å²) in [6.45, 7) is 2.00. The van der Waals surface area contributed by atoms with Crippen molar-refractivity contribution in [2.75, 3.05) is 11.5 Å². The predicted molar refractivity (Wildman–Crippen MR) is 84.1 cm³/mol. The molecule has 3 rings (SSSR count). The van der Waals surface area contributed by atoms with Crippen LogP contribution in [0.2, 0.25) is 0 Å². The van der Waals surface area contributed by atoms with E-state index in [1.165, 1.54) is 38.5 Å². The topological polar surface area (TPSA) is 59.8 Å². The van der Waals surface area contributed by atoms with E-state index >= 15 is 0 Å². The molecule has 1 N–H and O–H groups in total. The molecule has 6 heteroatoms. The third kappa shape index (κ3) is 3.99. The van der Waals surface area contributed by atoms with Gasteiger partial charge in [-0.15, -0.1) is 10.2 Å². The fraction of sp³-hybridized carbons (Fsp3) is 0.800. The minimum atomic E-state index is -0.0675. The molecule has 1 heterocycles. The van der Waals surface area contributed by atoms with E-state index in [2.05, 4.69) is 20.1 Å². The van der Waals surface area contributed by atoms with Crippen LogP contribution < -0.4 is 5.32 Å². The Morgan fingerprint density at radius 1 is 1.43 bits per heavy atom. The standard InChI is InChI=1S/C15H24N4OS/c1-11(17-14(20)9-21-8-12-6-7-12)15-18-16-10-19(15)13-4-2-3-5-13/h10-13H,2-9H2,1H3,(H,17,20)/t11-/m1/s1. The molecule has 0 saturated heterocycles. The maximum absolute atomic E-state index is 12.0. The molecule has 5 nitrogen and oxygen atoms in total. The summed E-state index contributed by atoms with van der Waals surface area (Å²) >= 11 is 1.75. The smallest absolute Gasteiger partial charge is 0.230 e. The minimum Gasteiger partial charge on any atom is -0.346 e. The van der Waals surface area contributed by atoms with E-state index < -0.39 is 0 Å². The van der Waals surface area contributed by atoms with Crippen molar-refractivity contribution in [3.63, 3.8) is 0 Å². The summed E-state index contributed by atoms with van der Waals surface area (Å²) < 4.78 is 2.16. The number of nitrogens with one attached hydrogen (secondary N) is 1. The number of carbonyl (C=O) groups is 1. The number of amides is 1. The van der Waals surface area contributed by atoms with Gasteiger partial charge in [-0.05, 0) is 44.3 Å². The predicted octanol–water partition coefficient (Wildman–Crippen LogP) is 2.71. The van der Waals surface area contributed by atoms with Crippen LogP contribution in [0.3, 0.4) is 0 Å². The van der Waals surface area contributed by atoms with Crippen LogP contribution in [-0.4, -0.2) is 32.2 Å². The zero-order valence-corrected chi connectivity index (χ0v) is 13.4. The number of carbonyl (C=O) groups excluding carboxylic acids is 1. The van der Waals surface area contributed by atoms with Crippen molar-refractivity contribution in [3.8, 4) is 0 Å². The van der Waals surface area contributed by atoms with E-state index in [-0.39, 0.29) is 11.9 Å². The first-order chi connectivity index (χ1) is 10.2. The van der Waals surface area contributed by atoms with Gasteiger partial charge in [0.25, 0.3) is 0 Å². The molecule has 116 valence electrons. The van der Waals surface area contributed by atoms with Gasteiger partial charge in [0.2, 0.25) is 5.91 Å². The van der Waals surface area contributed by atoms with Gasteiger partial charge in [-0.1, -0.05) is 12.8 Å². The Hall–Kier alpha value is -1.04. The van der Waals surface area contributed by atoms with Crippen molar-refractivity contribution in [1.29, 1.82) is 0 Å². The van der Waals surface area contributed by atoms with Crippen LogP contribution >= 0.6 is 11.8 Å². The van der Waals surface area contributed by atoms with Gasteiger partial charge in [0.05, 0.1) is 11.8 Å². The fourth-order valence-corrected chi connectivity index (χ4v) is 4.03. The van der Waals surface area contributed by atoms with Gasteiger partial charge < -0.3 is 9.88 Å². The molecule has 1 amide bonds. The van der Waals surface area contributed by atoms with Crippen LogP contribution in [0.25, 0.3) is 0 Å². The SMILES string of the molecule is C[C@@H](NC(=O)CSCC1CC1)c1nncn1C1CCCC1. The molecule has 1 aromatic heterocycles. The maximum atomic E-state index is 12.0. The first kappa shape index (κ1) is 14.9. The quantitative estimate of drug-likeness (QED) is 0.841. The fourth-order valence-electron chi connectivity index (χ4n) is 2.98. The number of rotatable bonds is 7. The Morgan fingerprint density at radius 2 is 2.19 bits per heavy atom. The molecule has 0 spiro atoms. The lowest BCUT2D eigenvalue weighted by molar-refractivity contribution is -0.119. The molecule has 0 aliphatic heterocycles. The van der Waals surface area contributed by atoms with Gasteiger partial charge in [0, 0.05) is 6.04 Å². The normalized spacial score (nSPS) is 20.6. The molecule has 2 saturated carbocycles. The highest BCUT2D eigenvalue weighted by Gasteiger charge is 2.24. The first-order valence-corrected chi connectivity index (χ1v) is 9.16. The summed E-state index contributed by atoms with van der Waals surface area (Å²) in [5.41, 5.74) is 0. The molecule has 21 heavy (non-hydrogen) atoms.